The first-order chi connectivity index (χ1) is 11.3. The molecule has 1 N–H and O–H groups in total. The zero-order valence-corrected chi connectivity index (χ0v) is 15.5. The van der Waals surface area contributed by atoms with Gasteiger partial charge in [-0.15, -0.1) is 11.3 Å². The first-order valence-electron chi connectivity index (χ1n) is 7.87. The second-order valence-corrected chi connectivity index (χ2v) is 7.34. The van der Waals surface area contributed by atoms with E-state index in [0.29, 0.717) is 17.1 Å². The number of aryl methyl sites for hydroxylation is 1. The molecule has 0 saturated carbocycles. The van der Waals surface area contributed by atoms with Gasteiger partial charge in [0.2, 0.25) is 5.91 Å². The molecule has 0 fully saturated rings. The van der Waals surface area contributed by atoms with Gasteiger partial charge in [-0.1, -0.05) is 19.9 Å². The van der Waals surface area contributed by atoms with Gasteiger partial charge in [0.15, 0.2) is 0 Å². The van der Waals surface area contributed by atoms with Crippen LogP contribution in [-0.4, -0.2) is 28.7 Å². The topological polar surface area (TPSA) is 62.3 Å². The highest BCUT2D eigenvalue weighted by Crippen LogP contribution is 2.33. The van der Waals surface area contributed by atoms with E-state index in [1.165, 1.54) is 11.3 Å². The molecular formula is C18H23N3O2S. The summed E-state index contributed by atoms with van der Waals surface area (Å²) in [6.45, 7) is 7.96. The van der Waals surface area contributed by atoms with Gasteiger partial charge >= 0.3 is 0 Å². The van der Waals surface area contributed by atoms with Gasteiger partial charge in [0.05, 0.1) is 17.8 Å². The first-order valence-corrected chi connectivity index (χ1v) is 8.69. The summed E-state index contributed by atoms with van der Waals surface area (Å²) >= 11 is 1.44. The first kappa shape index (κ1) is 18.1. The Kier molecular flexibility index (Phi) is 5.72. The third-order valence-electron chi connectivity index (χ3n) is 3.83. The summed E-state index contributed by atoms with van der Waals surface area (Å²) in [5, 5.41) is 3.51. The molecule has 6 heteroatoms. The van der Waals surface area contributed by atoms with Crippen LogP contribution in [0.4, 0.5) is 5.00 Å². The van der Waals surface area contributed by atoms with Crippen molar-refractivity contribution >= 4 is 28.2 Å². The molecule has 5 nitrogen and oxygen atoms in total. The predicted octanol–water partition coefficient (Wildman–Crippen LogP) is 3.63. The molecule has 2 heterocycles. The van der Waals surface area contributed by atoms with E-state index in [4.69, 9.17) is 0 Å². The van der Waals surface area contributed by atoms with Gasteiger partial charge in [0.25, 0.3) is 5.91 Å². The van der Waals surface area contributed by atoms with E-state index < -0.39 is 0 Å². The van der Waals surface area contributed by atoms with Crippen molar-refractivity contribution in [2.45, 2.75) is 34.2 Å². The molecule has 0 spiro atoms. The van der Waals surface area contributed by atoms with Gasteiger partial charge in [-0.2, -0.15) is 0 Å². The van der Waals surface area contributed by atoms with Crippen LogP contribution in [0.2, 0.25) is 0 Å². The van der Waals surface area contributed by atoms with E-state index in [1.807, 2.05) is 45.9 Å². The van der Waals surface area contributed by atoms with Gasteiger partial charge in [-0.05, 0) is 31.5 Å². The zero-order chi connectivity index (χ0) is 17.9. The van der Waals surface area contributed by atoms with Crippen molar-refractivity contribution in [3.05, 3.63) is 46.1 Å². The van der Waals surface area contributed by atoms with Crippen LogP contribution in [-0.2, 0) is 11.3 Å². The van der Waals surface area contributed by atoms with Crippen molar-refractivity contribution in [3.8, 4) is 0 Å². The minimum atomic E-state index is -0.137. The van der Waals surface area contributed by atoms with Crippen molar-refractivity contribution in [3.63, 3.8) is 0 Å². The Labute approximate surface area is 146 Å². The van der Waals surface area contributed by atoms with Gasteiger partial charge < -0.3 is 10.2 Å². The number of thiophene rings is 1. The molecule has 0 radical (unpaired) electrons. The van der Waals surface area contributed by atoms with Gasteiger partial charge in [0, 0.05) is 24.0 Å². The number of hydrogen-bond donors (Lipinski definition) is 1. The quantitative estimate of drug-likeness (QED) is 0.900. The van der Waals surface area contributed by atoms with Gasteiger partial charge in [0.1, 0.15) is 5.00 Å². The lowest BCUT2D eigenvalue weighted by atomic mass is 10.1. The summed E-state index contributed by atoms with van der Waals surface area (Å²) in [6, 6.07) is 5.63. The lowest BCUT2D eigenvalue weighted by molar-refractivity contribution is -0.118. The van der Waals surface area contributed by atoms with Crippen LogP contribution in [0.15, 0.2) is 24.4 Å². The standard InChI is InChI=1S/C18H23N3O2S/c1-11(2)16(22)20-17-15(12(3)13(4)24-17)18(23)21(5)10-14-8-6-7-9-19-14/h6-9,11H,10H2,1-5H3,(H,20,22). The van der Waals surface area contributed by atoms with E-state index in [9.17, 15) is 9.59 Å². The molecule has 0 aliphatic carbocycles. The number of pyridine rings is 1. The Morgan fingerprint density at radius 2 is 2.00 bits per heavy atom. The average molecular weight is 345 g/mol. The molecule has 128 valence electrons. The van der Waals surface area contributed by atoms with Crippen molar-refractivity contribution in [2.75, 3.05) is 12.4 Å². The molecular weight excluding hydrogens is 322 g/mol. The fraction of sp³-hybridized carbons (Fsp3) is 0.389. The summed E-state index contributed by atoms with van der Waals surface area (Å²) in [7, 11) is 1.75. The van der Waals surface area contributed by atoms with Gasteiger partial charge in [-0.25, -0.2) is 0 Å². The Bertz CT molecular complexity index is 738. The molecule has 0 bridgehead atoms. The van der Waals surface area contributed by atoms with Crippen LogP contribution < -0.4 is 5.32 Å². The molecule has 2 amide bonds. The van der Waals surface area contributed by atoms with Crippen LogP contribution in [0.25, 0.3) is 0 Å². The number of nitrogens with zero attached hydrogens (tertiary/aromatic N) is 2. The number of anilines is 1. The molecule has 0 atom stereocenters. The maximum Gasteiger partial charge on any atom is 0.257 e. The highest BCUT2D eigenvalue weighted by atomic mass is 32.1. The van der Waals surface area contributed by atoms with Crippen molar-refractivity contribution in [1.82, 2.24) is 9.88 Å². The van der Waals surface area contributed by atoms with E-state index in [2.05, 4.69) is 10.3 Å². The monoisotopic (exact) mass is 345 g/mol. The Hall–Kier alpha value is -2.21. The van der Waals surface area contributed by atoms with Gasteiger partial charge in [-0.3, -0.25) is 14.6 Å². The Balaban J connectivity index is 2.26. The summed E-state index contributed by atoms with van der Waals surface area (Å²) in [5.41, 5.74) is 2.31. The fourth-order valence-electron chi connectivity index (χ4n) is 2.23. The highest BCUT2D eigenvalue weighted by Gasteiger charge is 2.24. The zero-order valence-electron chi connectivity index (χ0n) is 14.7. The number of hydrogen-bond acceptors (Lipinski definition) is 4. The van der Waals surface area contributed by atoms with E-state index >= 15 is 0 Å². The molecule has 2 aromatic rings. The Morgan fingerprint density at radius 1 is 1.29 bits per heavy atom. The summed E-state index contributed by atoms with van der Waals surface area (Å²) in [6.07, 6.45) is 1.71. The summed E-state index contributed by atoms with van der Waals surface area (Å²) < 4.78 is 0. The minimum absolute atomic E-state index is 0.0855. The van der Waals surface area contributed by atoms with Crippen LogP contribution in [0.5, 0.6) is 0 Å². The number of carbonyl (C=O) groups is 2. The SMILES string of the molecule is Cc1sc(NC(=O)C(C)C)c(C(=O)N(C)Cc2ccccn2)c1C. The third-order valence-corrected chi connectivity index (χ3v) is 4.95. The van der Waals surface area contributed by atoms with Crippen molar-refractivity contribution in [2.24, 2.45) is 5.92 Å². The molecule has 0 aliphatic rings. The lowest BCUT2D eigenvalue weighted by Gasteiger charge is -2.18. The van der Waals surface area contributed by atoms with E-state index in [0.717, 1.165) is 16.1 Å². The van der Waals surface area contributed by atoms with E-state index in [1.54, 1.807) is 18.1 Å². The number of nitrogens with one attached hydrogen (secondary N) is 1. The Morgan fingerprint density at radius 3 is 2.58 bits per heavy atom. The molecule has 2 aromatic heterocycles. The highest BCUT2D eigenvalue weighted by molar-refractivity contribution is 7.16. The van der Waals surface area contributed by atoms with Crippen molar-refractivity contribution in [1.29, 1.82) is 0 Å². The smallest absolute Gasteiger partial charge is 0.257 e. The molecule has 24 heavy (non-hydrogen) atoms. The molecule has 0 saturated heterocycles. The predicted molar refractivity (Wildman–Crippen MR) is 97.3 cm³/mol. The second-order valence-electron chi connectivity index (χ2n) is 6.11. The number of amides is 2. The maximum atomic E-state index is 12.9. The number of aromatic nitrogens is 1. The maximum absolute atomic E-state index is 12.9. The number of rotatable bonds is 5. The normalized spacial score (nSPS) is 10.8. The largest absolute Gasteiger partial charge is 0.336 e. The van der Waals surface area contributed by atoms with Crippen LogP contribution in [0.1, 0.15) is 40.3 Å². The second kappa shape index (κ2) is 7.57. The summed E-state index contributed by atoms with van der Waals surface area (Å²) in [4.78, 5) is 31.9. The van der Waals surface area contributed by atoms with Crippen molar-refractivity contribution < 1.29 is 9.59 Å². The third kappa shape index (κ3) is 4.00. The van der Waals surface area contributed by atoms with Crippen LogP contribution in [0, 0.1) is 19.8 Å². The van der Waals surface area contributed by atoms with Crippen LogP contribution in [0.3, 0.4) is 0 Å². The molecule has 0 aliphatic heterocycles. The average Bonchev–Trinajstić information content (AvgIpc) is 2.81. The fourth-order valence-corrected chi connectivity index (χ4v) is 3.28. The van der Waals surface area contributed by atoms with Crippen LogP contribution >= 0.6 is 11.3 Å². The minimum Gasteiger partial charge on any atom is -0.336 e. The lowest BCUT2D eigenvalue weighted by Crippen LogP contribution is -2.28. The molecule has 0 unspecified atom stereocenters. The number of carbonyl (C=O) groups excluding carboxylic acids is 2. The molecule has 0 aromatic carbocycles. The van der Waals surface area contributed by atoms with E-state index in [-0.39, 0.29) is 17.7 Å². The molecule has 2 rings (SSSR count). The summed E-state index contributed by atoms with van der Waals surface area (Å²) in [5.74, 6) is -0.332.